The van der Waals surface area contributed by atoms with Gasteiger partial charge in [-0.25, -0.2) is 4.79 Å². The number of hydrogen-bond acceptors (Lipinski definition) is 4. The molecular weight excluding hydrogens is 264 g/mol. The summed E-state index contributed by atoms with van der Waals surface area (Å²) < 4.78 is 0. The number of carbonyl (C=O) groups excluding carboxylic acids is 1. The van der Waals surface area contributed by atoms with Crippen molar-refractivity contribution in [2.24, 2.45) is 5.73 Å². The van der Waals surface area contributed by atoms with Gasteiger partial charge in [0.2, 0.25) is 5.91 Å². The third kappa shape index (κ3) is 3.27. The third-order valence-corrected chi connectivity index (χ3v) is 4.08. The summed E-state index contributed by atoms with van der Waals surface area (Å²) in [5, 5.41) is 9.06. The Labute approximate surface area is 115 Å². The van der Waals surface area contributed by atoms with E-state index in [-0.39, 0.29) is 5.91 Å². The monoisotopic (exact) mass is 280 g/mol. The van der Waals surface area contributed by atoms with E-state index in [9.17, 15) is 9.59 Å². The van der Waals surface area contributed by atoms with E-state index in [0.717, 1.165) is 5.56 Å². The van der Waals surface area contributed by atoms with Crippen molar-refractivity contribution in [1.82, 2.24) is 4.90 Å². The summed E-state index contributed by atoms with van der Waals surface area (Å²) in [5.41, 5.74) is 6.87. The van der Waals surface area contributed by atoms with Gasteiger partial charge in [-0.2, -0.15) is 0 Å². The average molecular weight is 280 g/mol. The highest BCUT2D eigenvalue weighted by atomic mass is 32.2. The summed E-state index contributed by atoms with van der Waals surface area (Å²) in [4.78, 5) is 24.6. The first-order valence-electron chi connectivity index (χ1n) is 6.00. The zero-order chi connectivity index (χ0) is 13.8. The second kappa shape index (κ2) is 6.08. The Morgan fingerprint density at radius 2 is 2.11 bits per heavy atom. The number of nitrogens with two attached hydrogens (primary N) is 1. The van der Waals surface area contributed by atoms with Gasteiger partial charge in [0.1, 0.15) is 6.04 Å². The Hall–Kier alpha value is -1.53. The van der Waals surface area contributed by atoms with Gasteiger partial charge in [0.15, 0.2) is 0 Å². The summed E-state index contributed by atoms with van der Waals surface area (Å²) >= 11 is 1.44. The molecule has 19 heavy (non-hydrogen) atoms. The van der Waals surface area contributed by atoms with Crippen LogP contribution in [0.1, 0.15) is 5.56 Å². The number of amides is 1. The first-order valence-corrected chi connectivity index (χ1v) is 7.15. The summed E-state index contributed by atoms with van der Waals surface area (Å²) in [5.74, 6) is -0.427. The van der Waals surface area contributed by atoms with Crippen molar-refractivity contribution in [1.29, 1.82) is 0 Å². The van der Waals surface area contributed by atoms with Crippen LogP contribution >= 0.6 is 11.8 Å². The van der Waals surface area contributed by atoms with Crippen molar-refractivity contribution >= 4 is 23.6 Å². The van der Waals surface area contributed by atoms with Gasteiger partial charge in [-0.05, 0) is 12.0 Å². The SMILES string of the molecule is N[C@@H](Cc1ccccc1)C(=O)N1CSCC1C(=O)O. The minimum atomic E-state index is -0.967. The van der Waals surface area contributed by atoms with E-state index in [4.69, 9.17) is 10.8 Å². The Bertz CT molecular complexity index is 466. The highest BCUT2D eigenvalue weighted by Gasteiger charge is 2.36. The highest BCUT2D eigenvalue weighted by molar-refractivity contribution is 7.99. The second-order valence-corrected chi connectivity index (χ2v) is 5.46. The predicted molar refractivity (Wildman–Crippen MR) is 73.7 cm³/mol. The number of hydrogen-bond donors (Lipinski definition) is 2. The van der Waals surface area contributed by atoms with E-state index in [1.807, 2.05) is 30.3 Å². The van der Waals surface area contributed by atoms with Gasteiger partial charge in [-0.15, -0.1) is 11.8 Å². The first-order chi connectivity index (χ1) is 9.09. The van der Waals surface area contributed by atoms with Gasteiger partial charge < -0.3 is 15.7 Å². The lowest BCUT2D eigenvalue weighted by Gasteiger charge is -2.24. The maximum Gasteiger partial charge on any atom is 0.327 e. The maximum atomic E-state index is 12.2. The fourth-order valence-electron chi connectivity index (χ4n) is 2.03. The number of aliphatic carboxylic acids is 1. The van der Waals surface area contributed by atoms with E-state index in [1.165, 1.54) is 16.7 Å². The molecule has 0 aromatic heterocycles. The molecule has 1 heterocycles. The zero-order valence-electron chi connectivity index (χ0n) is 10.4. The molecule has 1 fully saturated rings. The number of carbonyl (C=O) groups is 2. The Morgan fingerprint density at radius 1 is 1.42 bits per heavy atom. The molecule has 1 amide bonds. The Balaban J connectivity index is 2.01. The summed E-state index contributed by atoms with van der Waals surface area (Å²) in [6.07, 6.45) is 0.424. The van der Waals surface area contributed by atoms with Crippen LogP contribution in [0.3, 0.4) is 0 Å². The van der Waals surface area contributed by atoms with Crippen molar-refractivity contribution < 1.29 is 14.7 Å². The maximum absolute atomic E-state index is 12.2. The fourth-order valence-corrected chi connectivity index (χ4v) is 3.19. The number of thioether (sulfide) groups is 1. The van der Waals surface area contributed by atoms with Crippen LogP contribution in [-0.2, 0) is 16.0 Å². The van der Waals surface area contributed by atoms with Gasteiger partial charge >= 0.3 is 5.97 Å². The second-order valence-electron chi connectivity index (χ2n) is 4.46. The molecule has 0 saturated carbocycles. The molecule has 1 aromatic rings. The smallest absolute Gasteiger partial charge is 0.327 e. The lowest BCUT2D eigenvalue weighted by molar-refractivity contribution is -0.148. The van der Waals surface area contributed by atoms with Gasteiger partial charge in [-0.3, -0.25) is 4.79 Å². The van der Waals surface area contributed by atoms with Crippen molar-refractivity contribution in [3.8, 4) is 0 Å². The van der Waals surface area contributed by atoms with Crippen LogP contribution in [0.2, 0.25) is 0 Å². The molecule has 0 radical (unpaired) electrons. The normalized spacial score (nSPS) is 20.3. The quantitative estimate of drug-likeness (QED) is 0.841. The van der Waals surface area contributed by atoms with E-state index >= 15 is 0 Å². The number of nitrogens with zero attached hydrogens (tertiary/aromatic N) is 1. The van der Waals surface area contributed by atoms with Gasteiger partial charge in [0.05, 0.1) is 11.9 Å². The highest BCUT2D eigenvalue weighted by Crippen LogP contribution is 2.22. The van der Waals surface area contributed by atoms with Crippen molar-refractivity contribution in [3.63, 3.8) is 0 Å². The molecule has 0 aliphatic carbocycles. The summed E-state index contributed by atoms with van der Waals surface area (Å²) in [6.45, 7) is 0. The molecular formula is C13H16N2O3S. The van der Waals surface area contributed by atoms with E-state index < -0.39 is 18.1 Å². The van der Waals surface area contributed by atoms with Gasteiger partial charge in [0.25, 0.3) is 0 Å². The molecule has 102 valence electrons. The lowest BCUT2D eigenvalue weighted by atomic mass is 10.1. The minimum absolute atomic E-state index is 0.291. The zero-order valence-corrected chi connectivity index (χ0v) is 11.2. The van der Waals surface area contributed by atoms with Crippen molar-refractivity contribution in [3.05, 3.63) is 35.9 Å². The molecule has 2 rings (SSSR count). The largest absolute Gasteiger partial charge is 0.480 e. The molecule has 1 aliphatic rings. The van der Waals surface area contributed by atoms with Crippen LogP contribution in [0.4, 0.5) is 0 Å². The third-order valence-electron chi connectivity index (χ3n) is 3.07. The number of rotatable bonds is 4. The molecule has 1 saturated heterocycles. The van der Waals surface area contributed by atoms with E-state index in [1.54, 1.807) is 0 Å². The molecule has 5 nitrogen and oxygen atoms in total. The van der Waals surface area contributed by atoms with Gasteiger partial charge in [0, 0.05) is 5.75 Å². The number of carboxylic acids is 1. The number of carboxylic acid groups (broad SMARTS) is 1. The molecule has 2 atom stereocenters. The Morgan fingerprint density at radius 3 is 2.74 bits per heavy atom. The van der Waals surface area contributed by atoms with E-state index in [2.05, 4.69) is 0 Å². The van der Waals surface area contributed by atoms with Crippen LogP contribution < -0.4 is 5.73 Å². The topological polar surface area (TPSA) is 83.6 Å². The van der Waals surface area contributed by atoms with Crippen molar-refractivity contribution in [2.45, 2.75) is 18.5 Å². The van der Waals surface area contributed by atoms with Crippen LogP contribution in [-0.4, -0.2) is 45.6 Å². The van der Waals surface area contributed by atoms with Crippen molar-refractivity contribution in [2.75, 3.05) is 11.6 Å². The first kappa shape index (κ1) is 13.9. The standard InChI is InChI=1S/C13H16N2O3S/c14-10(6-9-4-2-1-3-5-9)12(16)15-8-19-7-11(15)13(17)18/h1-5,10-11H,6-8,14H2,(H,17,18)/t10-,11?/m0/s1. The fraction of sp³-hybridized carbons (Fsp3) is 0.385. The molecule has 1 aliphatic heterocycles. The molecule has 6 heteroatoms. The summed E-state index contributed by atoms with van der Waals surface area (Å²) in [7, 11) is 0. The predicted octanol–water partition coefficient (Wildman–Crippen LogP) is 0.543. The van der Waals surface area contributed by atoms with Crippen LogP contribution in [0, 0.1) is 0 Å². The molecule has 0 bridgehead atoms. The molecule has 1 unspecified atom stereocenters. The average Bonchev–Trinajstić information content (AvgIpc) is 2.88. The molecule has 0 spiro atoms. The molecule has 1 aromatic carbocycles. The van der Waals surface area contributed by atoms with Crippen LogP contribution in [0.25, 0.3) is 0 Å². The minimum Gasteiger partial charge on any atom is -0.480 e. The van der Waals surface area contributed by atoms with Crippen LogP contribution in [0.5, 0.6) is 0 Å². The lowest BCUT2D eigenvalue weighted by Crippen LogP contribution is -2.49. The molecule has 3 N–H and O–H groups in total. The summed E-state index contributed by atoms with van der Waals surface area (Å²) in [6, 6.07) is 8.04. The Kier molecular flexibility index (Phi) is 4.44. The van der Waals surface area contributed by atoms with Crippen LogP contribution in [0.15, 0.2) is 30.3 Å². The van der Waals surface area contributed by atoms with E-state index in [0.29, 0.717) is 18.1 Å². The van der Waals surface area contributed by atoms with Gasteiger partial charge in [-0.1, -0.05) is 30.3 Å². The number of benzene rings is 1.